The highest BCUT2D eigenvalue weighted by molar-refractivity contribution is 6.02. The van der Waals surface area contributed by atoms with Crippen LogP contribution in [0, 0.1) is 5.41 Å². The van der Waals surface area contributed by atoms with Gasteiger partial charge in [0.2, 0.25) is 5.82 Å². The van der Waals surface area contributed by atoms with Crippen molar-refractivity contribution in [1.82, 2.24) is 9.97 Å². The number of hydrogen-bond donors (Lipinski definition) is 2. The number of benzene rings is 1. The topological polar surface area (TPSA) is 75.9 Å². The van der Waals surface area contributed by atoms with Crippen LogP contribution >= 0.6 is 0 Å². The van der Waals surface area contributed by atoms with E-state index in [4.69, 9.17) is 5.73 Å². The van der Waals surface area contributed by atoms with E-state index in [2.05, 4.69) is 23.8 Å². The van der Waals surface area contributed by atoms with Crippen LogP contribution in [0.4, 0.5) is 5.82 Å². The van der Waals surface area contributed by atoms with Crippen molar-refractivity contribution in [3.05, 3.63) is 35.5 Å². The Hall–Kier alpha value is -2.43. The molecule has 3 aromatic rings. The Morgan fingerprint density at radius 3 is 2.86 bits per heavy atom. The van der Waals surface area contributed by atoms with Gasteiger partial charge in [0.05, 0.1) is 0 Å². The Morgan fingerprint density at radius 1 is 1.29 bits per heavy atom. The first kappa shape index (κ1) is 12.3. The Kier molecular flexibility index (Phi) is 2.24. The van der Waals surface area contributed by atoms with Gasteiger partial charge in [0.1, 0.15) is 22.3 Å². The van der Waals surface area contributed by atoms with Crippen LogP contribution in [0.15, 0.2) is 24.3 Å². The van der Waals surface area contributed by atoms with Crippen molar-refractivity contribution in [2.24, 2.45) is 5.41 Å². The van der Waals surface area contributed by atoms with Gasteiger partial charge in [-0.15, -0.1) is 4.98 Å². The first-order chi connectivity index (χ1) is 9.96. The van der Waals surface area contributed by atoms with E-state index < -0.39 is 0 Å². The molecule has 3 N–H and O–H groups in total. The number of nitrogens with two attached hydrogens (primary N) is 1. The average Bonchev–Trinajstić information content (AvgIpc) is 2.74. The van der Waals surface area contributed by atoms with Crippen LogP contribution in [0.1, 0.15) is 36.3 Å². The zero-order valence-corrected chi connectivity index (χ0v) is 12.1. The van der Waals surface area contributed by atoms with Crippen molar-refractivity contribution in [2.75, 3.05) is 5.73 Å². The van der Waals surface area contributed by atoms with E-state index in [1.54, 1.807) is 0 Å². The number of hydrogen-bond acceptors (Lipinski definition) is 3. The summed E-state index contributed by atoms with van der Waals surface area (Å²) in [5.41, 5.74) is 9.56. The fourth-order valence-electron chi connectivity index (χ4n) is 3.30. The molecule has 0 radical (unpaired) electrons. The highest BCUT2D eigenvalue weighted by Crippen LogP contribution is 2.35. The van der Waals surface area contributed by atoms with Crippen LogP contribution in [0.5, 0.6) is 0 Å². The molecule has 0 fully saturated rings. The number of nitrogens with zero attached hydrogens (tertiary/aromatic N) is 2. The molecule has 0 atom stereocenters. The van der Waals surface area contributed by atoms with E-state index in [9.17, 15) is 4.79 Å². The quantitative estimate of drug-likeness (QED) is 0.619. The Labute approximate surface area is 121 Å². The molecule has 0 saturated carbocycles. The number of carbonyl (C=O) groups excluding carboxylic acids is 1. The number of Topliss-reactive ketones (excluding diaryl/α,β-unsaturated/α-hetero) is 1. The normalized spacial score (nSPS) is 17.3. The molecule has 0 aliphatic heterocycles. The number of para-hydroxylation sites is 2. The number of rotatable bonds is 0. The van der Waals surface area contributed by atoms with Gasteiger partial charge in [-0.25, -0.2) is 0 Å². The largest absolute Gasteiger partial charge is 0.357 e. The van der Waals surface area contributed by atoms with Gasteiger partial charge in [-0.2, -0.15) is 4.40 Å². The maximum absolute atomic E-state index is 12.5. The first-order valence-electron chi connectivity index (χ1n) is 7.10. The molecule has 0 saturated heterocycles. The van der Waals surface area contributed by atoms with E-state index in [-0.39, 0.29) is 11.2 Å². The number of anilines is 1. The van der Waals surface area contributed by atoms with Crippen LogP contribution in [0.25, 0.3) is 16.8 Å². The minimum absolute atomic E-state index is 0.0616. The zero-order chi connectivity index (χ0) is 14.8. The number of carbonyl (C=O) groups is 1. The standard InChI is InChI=1S/C16H16N4O/c1-16(2)7-10-13(12(21)8-16)14(17)20-11-6-4-3-5-9(11)18-15(20)19-10/h3-6H,7-8H2,1-2H3,(H2,17,18,19,21)/p+1. The summed E-state index contributed by atoms with van der Waals surface area (Å²) in [4.78, 5) is 20.4. The molecule has 2 aromatic heterocycles. The molecule has 106 valence electrons. The van der Waals surface area contributed by atoms with Gasteiger partial charge < -0.3 is 5.73 Å². The third-order valence-electron chi connectivity index (χ3n) is 4.19. The van der Waals surface area contributed by atoms with Gasteiger partial charge in [0, 0.05) is 12.8 Å². The monoisotopic (exact) mass is 281 g/mol. The predicted molar refractivity (Wildman–Crippen MR) is 80.1 cm³/mol. The summed E-state index contributed by atoms with van der Waals surface area (Å²) >= 11 is 0. The fourth-order valence-corrected chi connectivity index (χ4v) is 3.30. The summed E-state index contributed by atoms with van der Waals surface area (Å²) in [7, 11) is 0. The summed E-state index contributed by atoms with van der Waals surface area (Å²) in [5, 5.41) is 0. The lowest BCUT2D eigenvalue weighted by molar-refractivity contribution is -0.467. The summed E-state index contributed by atoms with van der Waals surface area (Å²) in [6.07, 6.45) is 1.28. The van der Waals surface area contributed by atoms with Crippen molar-refractivity contribution in [3.63, 3.8) is 0 Å². The average molecular weight is 281 g/mol. The molecule has 0 unspecified atom stereocenters. The molecule has 1 aromatic carbocycles. The van der Waals surface area contributed by atoms with Gasteiger partial charge in [0.25, 0.3) is 0 Å². The molecule has 0 amide bonds. The SMILES string of the molecule is CC1(C)CC(=O)c2c(nc3[nH]c4ccccc4[n+]3c2N)C1. The Morgan fingerprint density at radius 2 is 2.05 bits per heavy atom. The number of imidazole rings is 1. The second-order valence-corrected chi connectivity index (χ2v) is 6.56. The lowest BCUT2D eigenvalue weighted by Gasteiger charge is -2.28. The number of aromatic amines is 1. The van der Waals surface area contributed by atoms with E-state index in [1.165, 1.54) is 0 Å². The van der Waals surface area contributed by atoms with Crippen molar-refractivity contribution < 1.29 is 9.20 Å². The van der Waals surface area contributed by atoms with E-state index >= 15 is 0 Å². The highest BCUT2D eigenvalue weighted by atomic mass is 16.1. The number of nitrogen functional groups attached to an aromatic ring is 1. The number of ketones is 1. The van der Waals surface area contributed by atoms with Crippen LogP contribution in [-0.4, -0.2) is 15.8 Å². The molecular formula is C16H17N4O+. The number of aromatic nitrogens is 3. The van der Waals surface area contributed by atoms with Gasteiger partial charge in [-0.3, -0.25) is 9.78 Å². The lowest BCUT2D eigenvalue weighted by Crippen LogP contribution is -2.36. The third-order valence-corrected chi connectivity index (χ3v) is 4.19. The lowest BCUT2D eigenvalue weighted by atomic mass is 9.76. The maximum atomic E-state index is 12.5. The number of H-pyrrole nitrogens is 1. The fraction of sp³-hybridized carbons (Fsp3) is 0.312. The predicted octanol–water partition coefficient (Wildman–Crippen LogP) is 2.04. The van der Waals surface area contributed by atoms with Gasteiger partial charge in [-0.1, -0.05) is 26.0 Å². The smallest absolute Gasteiger partial charge is 0.334 e. The summed E-state index contributed by atoms with van der Waals surface area (Å²) < 4.78 is 1.84. The molecule has 2 heterocycles. The molecule has 1 aliphatic rings. The maximum Gasteiger partial charge on any atom is 0.357 e. The molecule has 0 bridgehead atoms. The van der Waals surface area contributed by atoms with Gasteiger partial charge >= 0.3 is 5.78 Å². The molecular weight excluding hydrogens is 264 g/mol. The number of nitrogens with one attached hydrogen (secondary N) is 1. The third kappa shape index (κ3) is 1.67. The van der Waals surface area contributed by atoms with E-state index in [0.29, 0.717) is 23.6 Å². The van der Waals surface area contributed by atoms with Gasteiger partial charge in [0.15, 0.2) is 5.78 Å². The van der Waals surface area contributed by atoms with Crippen LogP contribution in [0.2, 0.25) is 0 Å². The Bertz CT molecular complexity index is 907. The highest BCUT2D eigenvalue weighted by Gasteiger charge is 2.37. The molecule has 21 heavy (non-hydrogen) atoms. The van der Waals surface area contributed by atoms with Crippen molar-refractivity contribution in [3.8, 4) is 0 Å². The van der Waals surface area contributed by atoms with E-state index in [0.717, 1.165) is 23.1 Å². The molecule has 1 aliphatic carbocycles. The van der Waals surface area contributed by atoms with Gasteiger partial charge in [-0.05, 0) is 17.5 Å². The van der Waals surface area contributed by atoms with Crippen LogP contribution < -0.4 is 10.1 Å². The zero-order valence-electron chi connectivity index (χ0n) is 12.1. The molecule has 5 heteroatoms. The minimum Gasteiger partial charge on any atom is -0.334 e. The Balaban J connectivity index is 2.12. The second-order valence-electron chi connectivity index (χ2n) is 6.56. The van der Waals surface area contributed by atoms with Crippen molar-refractivity contribution in [1.29, 1.82) is 0 Å². The number of fused-ring (bicyclic) bond motifs is 4. The van der Waals surface area contributed by atoms with Crippen molar-refractivity contribution in [2.45, 2.75) is 26.7 Å². The second kappa shape index (κ2) is 3.81. The summed E-state index contributed by atoms with van der Waals surface area (Å²) in [5.74, 6) is 1.27. The summed E-state index contributed by atoms with van der Waals surface area (Å²) in [6.45, 7) is 4.18. The summed E-state index contributed by atoms with van der Waals surface area (Å²) in [6, 6.07) is 7.86. The minimum atomic E-state index is -0.0616. The van der Waals surface area contributed by atoms with Crippen LogP contribution in [0.3, 0.4) is 0 Å². The first-order valence-corrected chi connectivity index (χ1v) is 7.10. The molecule has 5 nitrogen and oxygen atoms in total. The molecule has 4 rings (SSSR count). The molecule has 0 spiro atoms. The van der Waals surface area contributed by atoms with E-state index in [1.807, 2.05) is 28.7 Å². The van der Waals surface area contributed by atoms with Crippen LogP contribution in [-0.2, 0) is 6.42 Å². The van der Waals surface area contributed by atoms with Crippen molar-refractivity contribution >= 4 is 28.4 Å².